The first-order valence-corrected chi connectivity index (χ1v) is 4.34. The molecule has 8 heteroatoms. The zero-order chi connectivity index (χ0) is 11.5. The van der Waals surface area contributed by atoms with Crippen LogP contribution in [0.4, 0.5) is 5.82 Å². The number of aromatic nitrogens is 4. The van der Waals surface area contributed by atoms with Crippen molar-refractivity contribution < 1.29 is 4.79 Å². The maximum Gasteiger partial charge on any atom is 0.251 e. The molecule has 0 saturated carbocycles. The average molecular weight is 219 g/mol. The summed E-state index contributed by atoms with van der Waals surface area (Å²) in [5, 5.41) is 3.93. The van der Waals surface area contributed by atoms with Crippen molar-refractivity contribution in [3.63, 3.8) is 0 Å². The fourth-order valence-corrected chi connectivity index (χ4v) is 1.11. The molecule has 0 saturated heterocycles. The van der Waals surface area contributed by atoms with Gasteiger partial charge < -0.3 is 11.2 Å². The number of nitrogens with zero attached hydrogens (tertiary/aromatic N) is 4. The molecule has 0 radical (unpaired) electrons. The van der Waals surface area contributed by atoms with Crippen LogP contribution in [0, 0.1) is 0 Å². The Kier molecular flexibility index (Phi) is 2.48. The van der Waals surface area contributed by atoms with Crippen LogP contribution in [0.1, 0.15) is 10.4 Å². The topological polar surface area (TPSA) is 125 Å². The predicted molar refractivity (Wildman–Crippen MR) is 55.5 cm³/mol. The third-order valence-corrected chi connectivity index (χ3v) is 1.87. The summed E-state index contributed by atoms with van der Waals surface area (Å²) in [7, 11) is 0. The molecule has 0 bridgehead atoms. The highest BCUT2D eigenvalue weighted by Crippen LogP contribution is 2.06. The van der Waals surface area contributed by atoms with Crippen LogP contribution in [-0.4, -0.2) is 25.7 Å². The number of nitrogens with two attached hydrogens (primary N) is 2. The van der Waals surface area contributed by atoms with E-state index >= 15 is 0 Å². The Morgan fingerprint density at radius 1 is 1.38 bits per heavy atom. The summed E-state index contributed by atoms with van der Waals surface area (Å²) in [6, 6.07) is 0. The molecule has 0 aliphatic heterocycles. The van der Waals surface area contributed by atoms with Gasteiger partial charge in [0.25, 0.3) is 5.91 Å². The molecule has 2 aromatic heterocycles. The fourth-order valence-electron chi connectivity index (χ4n) is 1.11. The lowest BCUT2D eigenvalue weighted by Crippen LogP contribution is -2.11. The number of carbonyl (C=O) groups is 1. The summed E-state index contributed by atoms with van der Waals surface area (Å²) in [6.45, 7) is 0. The molecular weight excluding hydrogens is 210 g/mol. The molecule has 16 heavy (non-hydrogen) atoms. The van der Waals surface area contributed by atoms with Gasteiger partial charge in [0.2, 0.25) is 0 Å². The summed E-state index contributed by atoms with van der Waals surface area (Å²) in [4.78, 5) is 18.9. The Morgan fingerprint density at radius 3 is 2.81 bits per heavy atom. The van der Waals surface area contributed by atoms with Crippen molar-refractivity contribution in [2.45, 2.75) is 0 Å². The number of nitrogens with one attached hydrogen (secondary N) is 1. The maximum atomic E-state index is 10.9. The molecule has 0 atom stereocenters. The molecule has 2 heterocycles. The molecule has 0 unspecified atom stereocenters. The van der Waals surface area contributed by atoms with Gasteiger partial charge in [0, 0.05) is 6.20 Å². The molecule has 8 nitrogen and oxygen atoms in total. The summed E-state index contributed by atoms with van der Waals surface area (Å²) < 4.78 is 1.38. The summed E-state index contributed by atoms with van der Waals surface area (Å²) >= 11 is 0. The number of anilines is 1. The Balaban J connectivity index is 2.38. The third kappa shape index (κ3) is 1.81. The second kappa shape index (κ2) is 3.95. The van der Waals surface area contributed by atoms with E-state index in [-0.39, 0.29) is 0 Å². The summed E-state index contributed by atoms with van der Waals surface area (Å²) in [5.74, 6) is 5.48. The van der Waals surface area contributed by atoms with Gasteiger partial charge in [-0.1, -0.05) is 0 Å². The van der Waals surface area contributed by atoms with Crippen molar-refractivity contribution in [2.24, 2.45) is 11.6 Å². The molecule has 5 N–H and O–H groups in total. The van der Waals surface area contributed by atoms with Gasteiger partial charge in [-0.2, -0.15) is 5.10 Å². The number of amides is 1. The Hall–Kier alpha value is -2.48. The van der Waals surface area contributed by atoms with Crippen LogP contribution in [-0.2, 0) is 0 Å². The molecule has 1 amide bonds. The first-order chi connectivity index (χ1) is 7.70. The normalized spacial score (nSPS) is 10.1. The second-order valence-electron chi connectivity index (χ2n) is 2.94. The van der Waals surface area contributed by atoms with Crippen molar-refractivity contribution in [1.29, 1.82) is 0 Å². The van der Waals surface area contributed by atoms with E-state index in [4.69, 9.17) is 11.6 Å². The SMILES string of the molecule is NNc1cncc(-n2cc(C(N)=O)cn2)n1. The molecule has 2 aromatic rings. The van der Waals surface area contributed by atoms with Crippen molar-refractivity contribution in [2.75, 3.05) is 5.43 Å². The minimum atomic E-state index is -0.549. The van der Waals surface area contributed by atoms with Crippen LogP contribution < -0.4 is 17.0 Å². The molecule has 0 aromatic carbocycles. The van der Waals surface area contributed by atoms with Crippen LogP contribution in [0.15, 0.2) is 24.8 Å². The predicted octanol–water partition coefficient (Wildman–Crippen LogP) is -0.953. The van der Waals surface area contributed by atoms with E-state index in [0.29, 0.717) is 17.2 Å². The van der Waals surface area contributed by atoms with Gasteiger partial charge in [0.15, 0.2) is 11.6 Å². The Labute approximate surface area is 90.3 Å². The molecule has 0 fully saturated rings. The van der Waals surface area contributed by atoms with Gasteiger partial charge >= 0.3 is 0 Å². The minimum Gasteiger partial charge on any atom is -0.366 e. The average Bonchev–Trinajstić information content (AvgIpc) is 2.78. The Bertz CT molecular complexity index is 521. The lowest BCUT2D eigenvalue weighted by Gasteiger charge is -2.01. The zero-order valence-electron chi connectivity index (χ0n) is 8.16. The Morgan fingerprint density at radius 2 is 2.19 bits per heavy atom. The largest absolute Gasteiger partial charge is 0.366 e. The first kappa shape index (κ1) is 10.1. The van der Waals surface area contributed by atoms with Crippen molar-refractivity contribution >= 4 is 11.7 Å². The van der Waals surface area contributed by atoms with E-state index in [0.717, 1.165) is 0 Å². The standard InChI is InChI=1S/C8H9N7O/c9-8(16)5-1-12-15(4-5)7-3-11-2-6(13-7)14-10/h1-4H,10H2,(H2,9,16)(H,13,14). The van der Waals surface area contributed by atoms with Crippen molar-refractivity contribution in [3.05, 3.63) is 30.4 Å². The van der Waals surface area contributed by atoms with Gasteiger partial charge in [-0.3, -0.25) is 9.78 Å². The second-order valence-corrected chi connectivity index (χ2v) is 2.94. The molecule has 2 rings (SSSR count). The molecule has 82 valence electrons. The van der Waals surface area contributed by atoms with Gasteiger partial charge in [-0.05, 0) is 0 Å². The van der Waals surface area contributed by atoms with Gasteiger partial charge in [-0.25, -0.2) is 15.5 Å². The van der Waals surface area contributed by atoms with Gasteiger partial charge in [0.1, 0.15) is 0 Å². The summed E-state index contributed by atoms with van der Waals surface area (Å²) in [6.07, 6.45) is 5.76. The van der Waals surface area contributed by atoms with E-state index in [2.05, 4.69) is 20.5 Å². The van der Waals surface area contributed by atoms with E-state index in [1.165, 1.54) is 29.5 Å². The highest BCUT2D eigenvalue weighted by Gasteiger charge is 2.06. The third-order valence-electron chi connectivity index (χ3n) is 1.87. The van der Waals surface area contributed by atoms with Crippen LogP contribution in [0.3, 0.4) is 0 Å². The number of hydrazine groups is 1. The van der Waals surface area contributed by atoms with Crippen LogP contribution in [0.5, 0.6) is 0 Å². The quantitative estimate of drug-likeness (QED) is 0.451. The van der Waals surface area contributed by atoms with E-state index in [1.54, 1.807) is 0 Å². The number of rotatable bonds is 3. The zero-order valence-corrected chi connectivity index (χ0v) is 8.16. The first-order valence-electron chi connectivity index (χ1n) is 4.34. The smallest absolute Gasteiger partial charge is 0.251 e. The highest BCUT2D eigenvalue weighted by atomic mass is 16.1. The number of nitrogen functional groups attached to an aromatic ring is 1. The number of primary amides is 1. The molecular formula is C8H9N7O. The van der Waals surface area contributed by atoms with E-state index in [1.807, 2.05) is 0 Å². The van der Waals surface area contributed by atoms with Crippen LogP contribution in [0.2, 0.25) is 0 Å². The van der Waals surface area contributed by atoms with Gasteiger partial charge in [-0.15, -0.1) is 0 Å². The monoisotopic (exact) mass is 219 g/mol. The minimum absolute atomic E-state index is 0.299. The lowest BCUT2D eigenvalue weighted by molar-refractivity contribution is 0.100. The number of carbonyl (C=O) groups excluding carboxylic acids is 1. The van der Waals surface area contributed by atoms with Crippen molar-refractivity contribution in [3.8, 4) is 5.82 Å². The van der Waals surface area contributed by atoms with Crippen molar-refractivity contribution in [1.82, 2.24) is 19.7 Å². The number of hydrogen-bond acceptors (Lipinski definition) is 6. The highest BCUT2D eigenvalue weighted by molar-refractivity contribution is 5.92. The fraction of sp³-hybridized carbons (Fsp3) is 0. The number of hydrogen-bond donors (Lipinski definition) is 3. The maximum absolute atomic E-state index is 10.9. The molecule has 0 spiro atoms. The van der Waals surface area contributed by atoms with Gasteiger partial charge in [0.05, 0.1) is 24.2 Å². The lowest BCUT2D eigenvalue weighted by atomic mass is 10.3. The summed E-state index contributed by atoms with van der Waals surface area (Å²) in [5.41, 5.74) is 7.76. The molecule has 0 aliphatic carbocycles. The van der Waals surface area contributed by atoms with E-state index < -0.39 is 5.91 Å². The van der Waals surface area contributed by atoms with E-state index in [9.17, 15) is 4.79 Å². The molecule has 0 aliphatic rings. The van der Waals surface area contributed by atoms with Crippen LogP contribution >= 0.6 is 0 Å². The van der Waals surface area contributed by atoms with Crippen LogP contribution in [0.25, 0.3) is 5.82 Å².